The first kappa shape index (κ1) is 14.0. The van der Waals surface area contributed by atoms with Crippen LogP contribution < -0.4 is 5.32 Å². The summed E-state index contributed by atoms with van der Waals surface area (Å²) in [6.07, 6.45) is -1.65. The molecule has 0 fully saturated rings. The molecule has 3 nitrogen and oxygen atoms in total. The fraction of sp³-hybridized carbons (Fsp3) is 0.143. The number of aromatic nitrogens is 1. The van der Waals surface area contributed by atoms with Gasteiger partial charge in [0.25, 0.3) is 0 Å². The summed E-state index contributed by atoms with van der Waals surface area (Å²) in [5.41, 5.74) is -0.215. The van der Waals surface area contributed by atoms with Gasteiger partial charge in [-0.05, 0) is 35.4 Å². The zero-order chi connectivity index (χ0) is 14.8. The van der Waals surface area contributed by atoms with Crippen molar-refractivity contribution < 1.29 is 18.0 Å². The van der Waals surface area contributed by atoms with Crippen molar-refractivity contribution in [3.63, 3.8) is 0 Å². The number of hydrogen-bond donors (Lipinski definition) is 1. The number of carbonyl (C=O) groups excluding carboxylic acids is 1. The second-order valence-electron chi connectivity index (χ2n) is 4.18. The molecule has 2 aromatic rings. The summed E-state index contributed by atoms with van der Waals surface area (Å²) in [5.74, 6) is -0.421. The van der Waals surface area contributed by atoms with E-state index in [0.717, 1.165) is 6.07 Å². The van der Waals surface area contributed by atoms with Crippen LogP contribution in [0.15, 0.2) is 42.7 Å². The van der Waals surface area contributed by atoms with Gasteiger partial charge in [0.2, 0.25) is 5.91 Å². The van der Waals surface area contributed by atoms with Gasteiger partial charge in [0.05, 0.1) is 5.56 Å². The maximum Gasteiger partial charge on any atom is 0.417 e. The highest BCUT2D eigenvalue weighted by molar-refractivity contribution is 5.89. The van der Waals surface area contributed by atoms with E-state index in [-0.39, 0.29) is 11.3 Å². The van der Waals surface area contributed by atoms with Gasteiger partial charge in [0, 0.05) is 25.0 Å². The third kappa shape index (κ3) is 3.14. The minimum absolute atomic E-state index is 0.0500. The predicted molar refractivity (Wildman–Crippen MR) is 69.0 cm³/mol. The van der Waals surface area contributed by atoms with Gasteiger partial charge in [-0.15, -0.1) is 0 Å². The van der Waals surface area contributed by atoms with Crippen molar-refractivity contribution in [2.75, 3.05) is 5.32 Å². The minimum Gasteiger partial charge on any atom is -0.326 e. The summed E-state index contributed by atoms with van der Waals surface area (Å²) in [5, 5.41) is 2.34. The van der Waals surface area contributed by atoms with E-state index in [1.54, 1.807) is 0 Å². The zero-order valence-electron chi connectivity index (χ0n) is 10.5. The number of nitrogens with zero attached hydrogens (tertiary/aromatic N) is 1. The first-order valence-electron chi connectivity index (χ1n) is 5.77. The van der Waals surface area contributed by atoms with Gasteiger partial charge in [-0.1, -0.05) is 6.07 Å². The Bertz CT molecular complexity index is 624. The molecule has 104 valence electrons. The number of anilines is 1. The van der Waals surface area contributed by atoms with Crippen molar-refractivity contribution in [2.45, 2.75) is 13.1 Å². The molecule has 0 saturated carbocycles. The van der Waals surface area contributed by atoms with E-state index >= 15 is 0 Å². The fourth-order valence-corrected chi connectivity index (χ4v) is 1.84. The van der Waals surface area contributed by atoms with Crippen LogP contribution >= 0.6 is 0 Å². The molecule has 6 heteroatoms. The monoisotopic (exact) mass is 280 g/mol. The maximum absolute atomic E-state index is 13.1. The van der Waals surface area contributed by atoms with Crippen LogP contribution in [0, 0.1) is 0 Å². The zero-order valence-corrected chi connectivity index (χ0v) is 10.5. The molecule has 1 N–H and O–H groups in total. The number of benzene rings is 1. The van der Waals surface area contributed by atoms with Crippen LogP contribution in [0.1, 0.15) is 12.5 Å². The molecule has 20 heavy (non-hydrogen) atoms. The molecule has 1 heterocycles. The lowest BCUT2D eigenvalue weighted by atomic mass is 9.99. The highest BCUT2D eigenvalue weighted by atomic mass is 19.4. The Labute approximate surface area is 113 Å². The van der Waals surface area contributed by atoms with Gasteiger partial charge in [0.1, 0.15) is 0 Å². The normalized spacial score (nSPS) is 11.2. The van der Waals surface area contributed by atoms with Crippen molar-refractivity contribution in [1.82, 2.24) is 4.98 Å². The first-order valence-corrected chi connectivity index (χ1v) is 5.77. The molecule has 0 saturated heterocycles. The second-order valence-corrected chi connectivity index (χ2v) is 4.18. The Morgan fingerprint density at radius 1 is 1.15 bits per heavy atom. The Kier molecular flexibility index (Phi) is 3.74. The molecule has 2 rings (SSSR count). The molecule has 0 aliphatic rings. The van der Waals surface area contributed by atoms with Gasteiger partial charge in [-0.3, -0.25) is 9.78 Å². The molecule has 0 aliphatic heterocycles. The van der Waals surface area contributed by atoms with Crippen LogP contribution in [-0.4, -0.2) is 10.9 Å². The minimum atomic E-state index is -4.51. The van der Waals surface area contributed by atoms with Gasteiger partial charge < -0.3 is 5.32 Å². The number of halogens is 3. The largest absolute Gasteiger partial charge is 0.417 e. The van der Waals surface area contributed by atoms with Crippen molar-refractivity contribution >= 4 is 11.6 Å². The molecular weight excluding hydrogens is 269 g/mol. The van der Waals surface area contributed by atoms with Gasteiger partial charge in [0.15, 0.2) is 0 Å². The van der Waals surface area contributed by atoms with E-state index in [9.17, 15) is 18.0 Å². The van der Waals surface area contributed by atoms with Crippen LogP contribution in [-0.2, 0) is 11.0 Å². The molecule has 0 bridgehead atoms. The van der Waals surface area contributed by atoms with Crippen molar-refractivity contribution in [1.29, 1.82) is 0 Å². The van der Waals surface area contributed by atoms with Crippen molar-refractivity contribution in [3.8, 4) is 11.1 Å². The maximum atomic E-state index is 13.1. The molecule has 0 atom stereocenters. The number of alkyl halides is 3. The van der Waals surface area contributed by atoms with Crippen LogP contribution in [0.3, 0.4) is 0 Å². The van der Waals surface area contributed by atoms with E-state index < -0.39 is 17.6 Å². The second kappa shape index (κ2) is 5.32. The van der Waals surface area contributed by atoms with E-state index in [4.69, 9.17) is 0 Å². The van der Waals surface area contributed by atoms with Crippen molar-refractivity contribution in [2.24, 2.45) is 0 Å². The SMILES string of the molecule is CC(=O)Nc1ccc(-c2ccncc2)c(C(F)(F)F)c1. The quantitative estimate of drug-likeness (QED) is 0.910. The summed E-state index contributed by atoms with van der Waals surface area (Å²) in [4.78, 5) is 14.7. The van der Waals surface area contributed by atoms with Gasteiger partial charge >= 0.3 is 6.18 Å². The number of pyridine rings is 1. The molecule has 0 spiro atoms. The first-order chi connectivity index (χ1) is 9.38. The number of nitrogens with one attached hydrogen (secondary N) is 1. The van der Waals surface area contributed by atoms with Crippen LogP contribution in [0.2, 0.25) is 0 Å². The summed E-state index contributed by atoms with van der Waals surface area (Å²) < 4.78 is 39.4. The Balaban J connectivity index is 2.55. The lowest BCUT2D eigenvalue weighted by Gasteiger charge is -2.15. The Morgan fingerprint density at radius 2 is 1.80 bits per heavy atom. The molecule has 1 amide bonds. The molecule has 0 radical (unpaired) electrons. The third-order valence-corrected chi connectivity index (χ3v) is 2.64. The summed E-state index contributed by atoms with van der Waals surface area (Å²) in [6, 6.07) is 6.71. The average molecular weight is 280 g/mol. The van der Waals surface area contributed by atoms with Crippen molar-refractivity contribution in [3.05, 3.63) is 48.3 Å². The third-order valence-electron chi connectivity index (χ3n) is 2.64. The van der Waals surface area contributed by atoms with E-state index in [1.807, 2.05) is 0 Å². The Morgan fingerprint density at radius 3 is 2.35 bits per heavy atom. The molecule has 1 aromatic carbocycles. The summed E-state index contributed by atoms with van der Waals surface area (Å²) >= 11 is 0. The molecule has 0 aliphatic carbocycles. The fourth-order valence-electron chi connectivity index (χ4n) is 1.84. The lowest BCUT2D eigenvalue weighted by molar-refractivity contribution is -0.137. The highest BCUT2D eigenvalue weighted by Crippen LogP contribution is 2.38. The number of carbonyl (C=O) groups is 1. The average Bonchev–Trinajstić information content (AvgIpc) is 2.38. The van der Waals surface area contributed by atoms with E-state index in [2.05, 4.69) is 10.3 Å². The number of hydrogen-bond acceptors (Lipinski definition) is 2. The summed E-state index contributed by atoms with van der Waals surface area (Å²) in [6.45, 7) is 1.24. The smallest absolute Gasteiger partial charge is 0.326 e. The van der Waals surface area contributed by atoms with Gasteiger partial charge in [-0.25, -0.2) is 0 Å². The van der Waals surface area contributed by atoms with Crippen LogP contribution in [0.4, 0.5) is 18.9 Å². The standard InChI is InChI=1S/C14H11F3N2O/c1-9(20)19-11-2-3-12(10-4-6-18-7-5-10)13(8-11)14(15,16)17/h2-8H,1H3,(H,19,20). The molecular formula is C14H11F3N2O. The Hall–Kier alpha value is -2.37. The van der Waals surface area contributed by atoms with Crippen LogP contribution in [0.25, 0.3) is 11.1 Å². The number of amides is 1. The summed E-state index contributed by atoms with van der Waals surface area (Å²) in [7, 11) is 0. The van der Waals surface area contributed by atoms with Crippen LogP contribution in [0.5, 0.6) is 0 Å². The predicted octanol–water partition coefficient (Wildman–Crippen LogP) is 3.73. The topological polar surface area (TPSA) is 42.0 Å². The van der Waals surface area contributed by atoms with Gasteiger partial charge in [-0.2, -0.15) is 13.2 Å². The highest BCUT2D eigenvalue weighted by Gasteiger charge is 2.34. The molecule has 1 aromatic heterocycles. The van der Waals surface area contributed by atoms with E-state index in [1.165, 1.54) is 43.6 Å². The number of rotatable bonds is 2. The molecule has 0 unspecified atom stereocenters. The van der Waals surface area contributed by atoms with E-state index in [0.29, 0.717) is 5.56 Å². The lowest BCUT2D eigenvalue weighted by Crippen LogP contribution is -2.11.